The molecule has 25 heavy (non-hydrogen) atoms. The third kappa shape index (κ3) is 4.49. The van der Waals surface area contributed by atoms with Crippen LogP contribution in [-0.4, -0.2) is 29.4 Å². The van der Waals surface area contributed by atoms with Gasteiger partial charge in [-0.3, -0.25) is 4.99 Å². The van der Waals surface area contributed by atoms with Crippen molar-refractivity contribution in [3.63, 3.8) is 0 Å². The topological polar surface area (TPSA) is 86.1 Å². The van der Waals surface area contributed by atoms with E-state index in [1.165, 1.54) is 0 Å². The number of benzene rings is 2. The molecule has 0 bridgehead atoms. The molecule has 2 aromatic rings. The number of carboxylic acid groups (broad SMARTS) is 1. The predicted molar refractivity (Wildman–Crippen MR) is 100 cm³/mol. The number of halogens is 2. The van der Waals surface area contributed by atoms with Crippen molar-refractivity contribution in [2.75, 3.05) is 11.9 Å². The number of guanidine groups is 1. The highest BCUT2D eigenvalue weighted by molar-refractivity contribution is 6.35. The third-order valence-corrected chi connectivity index (χ3v) is 3.90. The number of aliphatic imine (C=N–C) groups is 2. The molecule has 6 nitrogen and oxygen atoms in total. The fourth-order valence-electron chi connectivity index (χ4n) is 2.34. The Morgan fingerprint density at radius 1 is 1.24 bits per heavy atom. The minimum absolute atomic E-state index is 0.248. The van der Waals surface area contributed by atoms with Gasteiger partial charge >= 0.3 is 5.97 Å². The van der Waals surface area contributed by atoms with Crippen LogP contribution in [0.5, 0.6) is 0 Å². The van der Waals surface area contributed by atoms with Gasteiger partial charge < -0.3 is 15.7 Å². The number of nitrogens with one attached hydrogen (secondary N) is 2. The van der Waals surface area contributed by atoms with Crippen LogP contribution in [-0.2, 0) is 6.54 Å². The lowest BCUT2D eigenvalue weighted by Crippen LogP contribution is -2.30. The summed E-state index contributed by atoms with van der Waals surface area (Å²) in [5.74, 6) is 0.214. The van der Waals surface area contributed by atoms with Gasteiger partial charge in [0.2, 0.25) is 5.96 Å². The van der Waals surface area contributed by atoms with Crippen LogP contribution < -0.4 is 10.6 Å². The zero-order valence-corrected chi connectivity index (χ0v) is 14.5. The molecule has 1 aliphatic rings. The Balaban J connectivity index is 1.64. The molecule has 3 rings (SSSR count). The summed E-state index contributed by atoms with van der Waals surface area (Å²) in [5, 5.41) is 16.4. The predicted octanol–water partition coefficient (Wildman–Crippen LogP) is 3.66. The second-order valence-electron chi connectivity index (χ2n) is 5.30. The van der Waals surface area contributed by atoms with Gasteiger partial charge in [-0.05, 0) is 29.8 Å². The average Bonchev–Trinajstić information content (AvgIpc) is 2.99. The molecule has 0 radical (unpaired) electrons. The molecular formula is C17H14Cl2N4O2. The summed E-state index contributed by atoms with van der Waals surface area (Å²) in [4.78, 5) is 19.9. The molecule has 0 fully saturated rings. The number of anilines is 1. The van der Waals surface area contributed by atoms with Crippen LogP contribution in [0.1, 0.15) is 15.9 Å². The first-order valence-electron chi connectivity index (χ1n) is 7.40. The lowest BCUT2D eigenvalue weighted by molar-refractivity contribution is 0.0695. The van der Waals surface area contributed by atoms with Gasteiger partial charge in [-0.2, -0.15) is 0 Å². The zero-order chi connectivity index (χ0) is 17.8. The Morgan fingerprint density at radius 2 is 1.96 bits per heavy atom. The van der Waals surface area contributed by atoms with Crippen LogP contribution in [0.15, 0.2) is 52.4 Å². The monoisotopic (exact) mass is 376 g/mol. The first-order chi connectivity index (χ1) is 12.0. The highest BCUT2D eigenvalue weighted by Gasteiger charge is 2.13. The Morgan fingerprint density at radius 3 is 2.68 bits per heavy atom. The van der Waals surface area contributed by atoms with Crippen LogP contribution >= 0.6 is 23.2 Å². The molecule has 0 unspecified atom stereocenters. The van der Waals surface area contributed by atoms with E-state index in [2.05, 4.69) is 20.6 Å². The summed E-state index contributed by atoms with van der Waals surface area (Å²) < 4.78 is 0. The standard InChI is InChI=1S/C17H14Cl2N4O2/c18-11-5-12(19)7-13(6-11)22-17-21-9-15(23-17)20-8-10-3-1-2-4-14(10)16(24)25/h1-7H,8-9H2,(H,24,25)(H2,20,21,22,23). The van der Waals surface area contributed by atoms with Crippen molar-refractivity contribution in [2.24, 2.45) is 9.98 Å². The molecule has 1 aliphatic heterocycles. The van der Waals surface area contributed by atoms with Gasteiger partial charge in [-0.1, -0.05) is 41.4 Å². The molecule has 2 aromatic carbocycles. The van der Waals surface area contributed by atoms with E-state index in [1.807, 2.05) is 0 Å². The smallest absolute Gasteiger partial charge is 0.336 e. The Bertz CT molecular complexity index is 860. The van der Waals surface area contributed by atoms with Crippen molar-refractivity contribution in [1.82, 2.24) is 5.32 Å². The van der Waals surface area contributed by atoms with Crippen molar-refractivity contribution in [3.8, 4) is 0 Å². The van der Waals surface area contributed by atoms with E-state index in [0.717, 1.165) is 0 Å². The number of carboxylic acids is 1. The SMILES string of the molecule is O=C(O)c1ccccc1CN=C1CN=C(Nc2cc(Cl)cc(Cl)c2)N1. The maximum absolute atomic E-state index is 11.2. The summed E-state index contributed by atoms with van der Waals surface area (Å²) in [5.41, 5.74) is 1.60. The van der Waals surface area contributed by atoms with Crippen molar-refractivity contribution in [3.05, 3.63) is 63.6 Å². The Kier molecular flexibility index (Phi) is 5.21. The van der Waals surface area contributed by atoms with Gasteiger partial charge in [0.25, 0.3) is 0 Å². The van der Waals surface area contributed by atoms with Gasteiger partial charge in [-0.25, -0.2) is 9.79 Å². The average molecular weight is 377 g/mol. The lowest BCUT2D eigenvalue weighted by Gasteiger charge is -2.08. The lowest BCUT2D eigenvalue weighted by atomic mass is 10.1. The molecule has 0 aromatic heterocycles. The number of nitrogens with zero attached hydrogens (tertiary/aromatic N) is 2. The van der Waals surface area contributed by atoms with Gasteiger partial charge in [-0.15, -0.1) is 0 Å². The zero-order valence-electron chi connectivity index (χ0n) is 13.0. The van der Waals surface area contributed by atoms with Crippen LogP contribution in [0, 0.1) is 0 Å². The Hall–Kier alpha value is -2.57. The number of carbonyl (C=O) groups is 1. The molecule has 0 amide bonds. The van der Waals surface area contributed by atoms with E-state index in [0.29, 0.717) is 39.6 Å². The van der Waals surface area contributed by atoms with Crippen LogP contribution in [0.3, 0.4) is 0 Å². The summed E-state index contributed by atoms with van der Waals surface area (Å²) >= 11 is 11.9. The Labute approximate surface area is 154 Å². The van der Waals surface area contributed by atoms with Crippen LogP contribution in [0.4, 0.5) is 5.69 Å². The van der Waals surface area contributed by atoms with Crippen molar-refractivity contribution in [1.29, 1.82) is 0 Å². The fourth-order valence-corrected chi connectivity index (χ4v) is 2.87. The van der Waals surface area contributed by atoms with Gasteiger partial charge in [0.05, 0.1) is 12.1 Å². The molecule has 0 spiro atoms. The number of aromatic carboxylic acids is 1. The van der Waals surface area contributed by atoms with Crippen molar-refractivity contribution < 1.29 is 9.90 Å². The molecule has 3 N–H and O–H groups in total. The highest BCUT2D eigenvalue weighted by Crippen LogP contribution is 2.22. The minimum Gasteiger partial charge on any atom is -0.478 e. The molecule has 0 saturated carbocycles. The number of hydrogen-bond acceptors (Lipinski definition) is 4. The van der Waals surface area contributed by atoms with E-state index in [1.54, 1.807) is 42.5 Å². The van der Waals surface area contributed by atoms with Crippen molar-refractivity contribution >= 4 is 46.7 Å². The molecule has 0 aliphatic carbocycles. The number of rotatable bonds is 4. The molecule has 128 valence electrons. The maximum Gasteiger partial charge on any atom is 0.336 e. The van der Waals surface area contributed by atoms with E-state index < -0.39 is 5.97 Å². The van der Waals surface area contributed by atoms with Crippen LogP contribution in [0.25, 0.3) is 0 Å². The maximum atomic E-state index is 11.2. The van der Waals surface area contributed by atoms with E-state index in [9.17, 15) is 9.90 Å². The third-order valence-electron chi connectivity index (χ3n) is 3.46. The largest absolute Gasteiger partial charge is 0.478 e. The summed E-state index contributed by atoms with van der Waals surface area (Å²) in [6.45, 7) is 0.641. The highest BCUT2D eigenvalue weighted by atomic mass is 35.5. The minimum atomic E-state index is -0.966. The molecule has 1 heterocycles. The summed E-state index contributed by atoms with van der Waals surface area (Å²) in [6.07, 6.45) is 0. The normalized spacial score (nSPS) is 15.0. The van der Waals surface area contributed by atoms with Crippen molar-refractivity contribution in [2.45, 2.75) is 6.54 Å². The molecule has 0 saturated heterocycles. The molecule has 8 heteroatoms. The number of amidine groups is 1. The number of hydrogen-bond donors (Lipinski definition) is 3. The second-order valence-corrected chi connectivity index (χ2v) is 6.17. The van der Waals surface area contributed by atoms with Gasteiger partial charge in [0.1, 0.15) is 12.4 Å². The van der Waals surface area contributed by atoms with Gasteiger partial charge in [0, 0.05) is 15.7 Å². The fraction of sp³-hybridized carbons (Fsp3) is 0.118. The molecular weight excluding hydrogens is 363 g/mol. The first-order valence-corrected chi connectivity index (χ1v) is 8.16. The quantitative estimate of drug-likeness (QED) is 0.759. The van der Waals surface area contributed by atoms with E-state index in [-0.39, 0.29) is 12.1 Å². The summed E-state index contributed by atoms with van der Waals surface area (Å²) in [7, 11) is 0. The summed E-state index contributed by atoms with van der Waals surface area (Å²) in [6, 6.07) is 11.9. The molecule has 0 atom stereocenters. The second kappa shape index (κ2) is 7.55. The van der Waals surface area contributed by atoms with Gasteiger partial charge in [0.15, 0.2) is 0 Å². The van der Waals surface area contributed by atoms with Crippen LogP contribution in [0.2, 0.25) is 10.0 Å². The first kappa shape index (κ1) is 17.3. The van der Waals surface area contributed by atoms with E-state index in [4.69, 9.17) is 23.2 Å². The van der Waals surface area contributed by atoms with E-state index >= 15 is 0 Å².